The second kappa shape index (κ2) is 10.7. The number of hydrogen-bond acceptors (Lipinski definition) is 1. The Hall–Kier alpha value is -4.88. The summed E-state index contributed by atoms with van der Waals surface area (Å²) in [6.45, 7) is 11.7. The fourth-order valence-electron chi connectivity index (χ4n) is 6.86. The summed E-state index contributed by atoms with van der Waals surface area (Å²) in [6.07, 6.45) is 0. The normalized spacial score (nSPS) is 13.3. The molecule has 6 aromatic carbocycles. The van der Waals surface area contributed by atoms with Crippen LogP contribution >= 0.6 is 0 Å². The van der Waals surface area contributed by atoms with E-state index in [1.807, 2.05) is 0 Å². The first-order valence-corrected chi connectivity index (χ1v) is 15.6. The van der Waals surface area contributed by atoms with Gasteiger partial charge in [-0.1, -0.05) is 144 Å². The molecule has 1 aliphatic rings. The number of rotatable bonds is 5. The SMILES string of the molecule is CC(C)(C)c1cc(-c2ccccc2)ccc1N(c1cccc(-c2ccccc2)c1)c1ccc2c(c1)C(C)(C)c1ccccc1-2. The Balaban J connectivity index is 1.46. The maximum Gasteiger partial charge on any atom is 0.0499 e. The zero-order valence-corrected chi connectivity index (χ0v) is 26.3. The number of fused-ring (bicyclic) bond motifs is 3. The number of anilines is 3. The summed E-state index contributed by atoms with van der Waals surface area (Å²) in [5.74, 6) is 0. The molecule has 0 bridgehead atoms. The van der Waals surface area contributed by atoms with Gasteiger partial charge in [-0.25, -0.2) is 0 Å². The number of nitrogens with zero attached hydrogens (tertiary/aromatic N) is 1. The molecular formula is C43H39N. The van der Waals surface area contributed by atoms with E-state index in [0.29, 0.717) is 0 Å². The van der Waals surface area contributed by atoms with Gasteiger partial charge in [0.05, 0.1) is 0 Å². The van der Waals surface area contributed by atoms with Gasteiger partial charge in [-0.15, -0.1) is 0 Å². The minimum atomic E-state index is -0.0817. The predicted molar refractivity (Wildman–Crippen MR) is 188 cm³/mol. The van der Waals surface area contributed by atoms with Crippen LogP contribution in [0.3, 0.4) is 0 Å². The first-order valence-electron chi connectivity index (χ1n) is 15.6. The number of benzene rings is 6. The molecule has 0 fully saturated rings. The molecule has 0 atom stereocenters. The molecule has 6 aromatic rings. The molecule has 0 amide bonds. The average molecular weight is 570 g/mol. The molecular weight excluding hydrogens is 530 g/mol. The summed E-state index contributed by atoms with van der Waals surface area (Å²) in [5, 5.41) is 0. The van der Waals surface area contributed by atoms with E-state index in [2.05, 4.69) is 185 Å². The van der Waals surface area contributed by atoms with Crippen LogP contribution in [0.2, 0.25) is 0 Å². The highest BCUT2D eigenvalue weighted by Crippen LogP contribution is 2.51. The third-order valence-corrected chi connectivity index (χ3v) is 9.19. The van der Waals surface area contributed by atoms with Crippen LogP contribution in [0.1, 0.15) is 51.3 Å². The molecule has 1 aliphatic carbocycles. The Morgan fingerprint density at radius 3 is 1.70 bits per heavy atom. The second-order valence-electron chi connectivity index (χ2n) is 13.5. The molecule has 0 saturated carbocycles. The topological polar surface area (TPSA) is 3.24 Å². The van der Waals surface area contributed by atoms with Crippen molar-refractivity contribution in [2.75, 3.05) is 4.90 Å². The van der Waals surface area contributed by atoms with Gasteiger partial charge in [0.2, 0.25) is 0 Å². The minimum absolute atomic E-state index is 0.0798. The van der Waals surface area contributed by atoms with Gasteiger partial charge < -0.3 is 4.90 Å². The summed E-state index contributed by atoms with van der Waals surface area (Å²) in [7, 11) is 0. The summed E-state index contributed by atoms with van der Waals surface area (Å²) in [5.41, 5.74) is 15.0. The van der Waals surface area contributed by atoms with Crippen LogP contribution in [0.25, 0.3) is 33.4 Å². The highest BCUT2D eigenvalue weighted by molar-refractivity contribution is 5.88. The van der Waals surface area contributed by atoms with E-state index in [9.17, 15) is 0 Å². The molecule has 1 nitrogen and oxygen atoms in total. The molecule has 0 heterocycles. The van der Waals surface area contributed by atoms with Crippen LogP contribution in [0.5, 0.6) is 0 Å². The lowest BCUT2D eigenvalue weighted by molar-refractivity contribution is 0.591. The van der Waals surface area contributed by atoms with Crippen LogP contribution < -0.4 is 4.90 Å². The summed E-state index contributed by atoms with van der Waals surface area (Å²) in [6, 6.07) is 53.3. The quantitative estimate of drug-likeness (QED) is 0.200. The molecule has 0 N–H and O–H groups in total. The first kappa shape index (κ1) is 27.9. The number of hydrogen-bond donors (Lipinski definition) is 0. The van der Waals surface area contributed by atoms with Crippen LogP contribution in [0, 0.1) is 0 Å². The van der Waals surface area contributed by atoms with Crippen LogP contribution in [-0.2, 0) is 10.8 Å². The van der Waals surface area contributed by atoms with E-state index in [1.165, 1.54) is 61.4 Å². The van der Waals surface area contributed by atoms with Gasteiger partial charge in [0.15, 0.2) is 0 Å². The lowest BCUT2D eigenvalue weighted by Gasteiger charge is -2.33. The zero-order chi connectivity index (χ0) is 30.5. The van der Waals surface area contributed by atoms with E-state index in [1.54, 1.807) is 0 Å². The molecule has 1 heteroatoms. The summed E-state index contributed by atoms with van der Waals surface area (Å²) < 4.78 is 0. The van der Waals surface area contributed by atoms with E-state index in [-0.39, 0.29) is 10.8 Å². The Kier molecular flexibility index (Phi) is 6.78. The zero-order valence-electron chi connectivity index (χ0n) is 26.3. The lowest BCUT2D eigenvalue weighted by atomic mass is 9.82. The molecule has 0 aromatic heterocycles. The monoisotopic (exact) mass is 569 g/mol. The Labute approximate surface area is 262 Å². The molecule has 0 unspecified atom stereocenters. The summed E-state index contributed by atoms with van der Waals surface area (Å²) >= 11 is 0. The molecule has 0 spiro atoms. The van der Waals surface area contributed by atoms with E-state index >= 15 is 0 Å². The highest BCUT2D eigenvalue weighted by Gasteiger charge is 2.36. The second-order valence-corrected chi connectivity index (χ2v) is 13.5. The van der Waals surface area contributed by atoms with Crippen molar-refractivity contribution in [1.29, 1.82) is 0 Å². The maximum absolute atomic E-state index is 2.47. The molecule has 44 heavy (non-hydrogen) atoms. The lowest BCUT2D eigenvalue weighted by Crippen LogP contribution is -2.20. The van der Waals surface area contributed by atoms with Gasteiger partial charge in [-0.05, 0) is 91.9 Å². The fraction of sp³-hybridized carbons (Fsp3) is 0.163. The fourth-order valence-corrected chi connectivity index (χ4v) is 6.86. The standard InChI is InChI=1S/C43H39N/c1-42(2,3)40-28-33(31-17-10-7-11-18-31)23-26-41(40)44(34-20-14-19-32(27-34)30-15-8-6-9-16-30)35-24-25-37-36-21-12-13-22-38(36)43(4,5)39(37)29-35/h6-29H,1-5H3. The minimum Gasteiger partial charge on any atom is -0.310 e. The first-order chi connectivity index (χ1) is 21.2. The van der Waals surface area contributed by atoms with Crippen LogP contribution in [0.4, 0.5) is 17.1 Å². The van der Waals surface area contributed by atoms with Crippen molar-refractivity contribution in [1.82, 2.24) is 0 Å². The van der Waals surface area contributed by atoms with Crippen molar-refractivity contribution in [3.63, 3.8) is 0 Å². The van der Waals surface area contributed by atoms with Gasteiger partial charge in [-0.3, -0.25) is 0 Å². The van der Waals surface area contributed by atoms with Gasteiger partial charge >= 0.3 is 0 Å². The summed E-state index contributed by atoms with van der Waals surface area (Å²) in [4.78, 5) is 2.47. The van der Waals surface area contributed by atoms with Gasteiger partial charge in [-0.2, -0.15) is 0 Å². The Morgan fingerprint density at radius 1 is 0.455 bits per heavy atom. The third-order valence-electron chi connectivity index (χ3n) is 9.19. The van der Waals surface area contributed by atoms with Crippen molar-refractivity contribution < 1.29 is 0 Å². The molecule has 7 rings (SSSR count). The average Bonchev–Trinajstić information content (AvgIpc) is 3.28. The van der Waals surface area contributed by atoms with Gasteiger partial charge in [0.1, 0.15) is 0 Å². The largest absolute Gasteiger partial charge is 0.310 e. The van der Waals surface area contributed by atoms with Crippen molar-refractivity contribution in [3.8, 4) is 33.4 Å². The van der Waals surface area contributed by atoms with Crippen molar-refractivity contribution >= 4 is 17.1 Å². The van der Waals surface area contributed by atoms with Crippen molar-refractivity contribution in [3.05, 3.63) is 162 Å². The molecule has 216 valence electrons. The van der Waals surface area contributed by atoms with Crippen LogP contribution in [0.15, 0.2) is 146 Å². The Morgan fingerprint density at radius 2 is 1.02 bits per heavy atom. The van der Waals surface area contributed by atoms with Crippen molar-refractivity contribution in [2.24, 2.45) is 0 Å². The van der Waals surface area contributed by atoms with Crippen LogP contribution in [-0.4, -0.2) is 0 Å². The van der Waals surface area contributed by atoms with Gasteiger partial charge in [0.25, 0.3) is 0 Å². The van der Waals surface area contributed by atoms with E-state index in [0.717, 1.165) is 5.69 Å². The van der Waals surface area contributed by atoms with E-state index in [4.69, 9.17) is 0 Å². The molecule has 0 saturated heterocycles. The Bertz CT molecular complexity index is 1960. The smallest absolute Gasteiger partial charge is 0.0499 e. The third kappa shape index (κ3) is 4.83. The molecule has 0 aliphatic heterocycles. The highest BCUT2D eigenvalue weighted by atomic mass is 15.1. The van der Waals surface area contributed by atoms with E-state index < -0.39 is 0 Å². The van der Waals surface area contributed by atoms with Crippen molar-refractivity contribution in [2.45, 2.75) is 45.4 Å². The predicted octanol–water partition coefficient (Wildman–Crippen LogP) is 12.1. The maximum atomic E-state index is 2.47. The molecule has 0 radical (unpaired) electrons. The van der Waals surface area contributed by atoms with Gasteiger partial charge in [0, 0.05) is 22.5 Å².